The van der Waals surface area contributed by atoms with E-state index >= 15 is 0 Å². The minimum absolute atomic E-state index is 0.0126. The third-order valence-corrected chi connectivity index (χ3v) is 4.78. The van der Waals surface area contributed by atoms with Crippen LogP contribution in [0.15, 0.2) is 36.5 Å². The molecule has 1 aromatic heterocycles. The summed E-state index contributed by atoms with van der Waals surface area (Å²) in [5.41, 5.74) is 0.781. The summed E-state index contributed by atoms with van der Waals surface area (Å²) in [7, 11) is 0. The van der Waals surface area contributed by atoms with Crippen molar-refractivity contribution < 1.29 is 9.18 Å². The first kappa shape index (κ1) is 16.0. The standard InChI is InChI=1S/C19H21FN4O/c20-15-5-3-13(4-6-15)18-21-10-9-17(23-18)24-11-1-2-14(12-24)19(25)22-16-7-8-16/h3-6,9-10,14,16H,1-2,7-8,11-12H2,(H,22,25). The van der Waals surface area contributed by atoms with Crippen molar-refractivity contribution in [2.75, 3.05) is 18.0 Å². The maximum Gasteiger partial charge on any atom is 0.225 e. The third-order valence-electron chi connectivity index (χ3n) is 4.78. The van der Waals surface area contributed by atoms with Crippen LogP contribution in [0.3, 0.4) is 0 Å². The second-order valence-corrected chi connectivity index (χ2v) is 6.81. The fraction of sp³-hybridized carbons (Fsp3) is 0.421. The second-order valence-electron chi connectivity index (χ2n) is 6.81. The summed E-state index contributed by atoms with van der Waals surface area (Å²) >= 11 is 0. The average molecular weight is 340 g/mol. The monoisotopic (exact) mass is 340 g/mol. The number of anilines is 1. The van der Waals surface area contributed by atoms with Crippen LogP contribution < -0.4 is 10.2 Å². The molecule has 6 heteroatoms. The van der Waals surface area contributed by atoms with Gasteiger partial charge in [0.2, 0.25) is 5.91 Å². The third kappa shape index (κ3) is 3.78. The van der Waals surface area contributed by atoms with Crippen molar-refractivity contribution in [2.45, 2.75) is 31.7 Å². The molecule has 1 saturated carbocycles. The van der Waals surface area contributed by atoms with E-state index in [2.05, 4.69) is 20.2 Å². The van der Waals surface area contributed by atoms with Crippen LogP contribution in [-0.2, 0) is 4.79 Å². The highest BCUT2D eigenvalue weighted by Gasteiger charge is 2.30. The van der Waals surface area contributed by atoms with Gasteiger partial charge in [0.1, 0.15) is 11.6 Å². The van der Waals surface area contributed by atoms with E-state index in [-0.39, 0.29) is 17.6 Å². The van der Waals surface area contributed by atoms with E-state index in [0.717, 1.165) is 43.6 Å². The number of amides is 1. The molecule has 0 bridgehead atoms. The highest BCUT2D eigenvalue weighted by atomic mass is 19.1. The Morgan fingerprint density at radius 3 is 2.72 bits per heavy atom. The van der Waals surface area contributed by atoms with Crippen molar-refractivity contribution >= 4 is 11.7 Å². The van der Waals surface area contributed by atoms with E-state index < -0.39 is 0 Å². The molecule has 1 aliphatic heterocycles. The molecule has 1 atom stereocenters. The Morgan fingerprint density at radius 2 is 1.96 bits per heavy atom. The molecule has 1 aromatic carbocycles. The van der Waals surface area contributed by atoms with Gasteiger partial charge in [0, 0.05) is 30.9 Å². The largest absolute Gasteiger partial charge is 0.356 e. The molecule has 5 nitrogen and oxygen atoms in total. The number of hydrogen-bond donors (Lipinski definition) is 1. The zero-order valence-corrected chi connectivity index (χ0v) is 14.0. The number of benzene rings is 1. The SMILES string of the molecule is O=C(NC1CC1)C1CCCN(c2ccnc(-c3ccc(F)cc3)n2)C1. The van der Waals surface area contributed by atoms with Crippen molar-refractivity contribution in [3.8, 4) is 11.4 Å². The molecule has 1 amide bonds. The molecule has 2 aromatic rings. The average Bonchev–Trinajstić information content (AvgIpc) is 3.46. The molecule has 1 N–H and O–H groups in total. The molecule has 2 heterocycles. The number of piperidine rings is 1. The van der Waals surface area contributed by atoms with Gasteiger partial charge in [-0.2, -0.15) is 0 Å². The topological polar surface area (TPSA) is 58.1 Å². The Kier molecular flexibility index (Phi) is 4.34. The molecule has 1 unspecified atom stereocenters. The number of carbonyl (C=O) groups excluding carboxylic acids is 1. The number of nitrogens with zero attached hydrogens (tertiary/aromatic N) is 3. The highest BCUT2D eigenvalue weighted by Crippen LogP contribution is 2.25. The molecule has 0 spiro atoms. The van der Waals surface area contributed by atoms with Gasteiger partial charge in [0.05, 0.1) is 5.92 Å². The fourth-order valence-corrected chi connectivity index (χ4v) is 3.21. The van der Waals surface area contributed by atoms with Crippen molar-refractivity contribution in [3.63, 3.8) is 0 Å². The van der Waals surface area contributed by atoms with Gasteiger partial charge in [0.15, 0.2) is 5.82 Å². The van der Waals surface area contributed by atoms with E-state index in [1.54, 1.807) is 18.3 Å². The minimum Gasteiger partial charge on any atom is -0.356 e. The Morgan fingerprint density at radius 1 is 1.16 bits per heavy atom. The van der Waals surface area contributed by atoms with E-state index in [9.17, 15) is 9.18 Å². The summed E-state index contributed by atoms with van der Waals surface area (Å²) in [4.78, 5) is 23.4. The predicted molar refractivity (Wildman–Crippen MR) is 93.5 cm³/mol. The number of aromatic nitrogens is 2. The lowest BCUT2D eigenvalue weighted by molar-refractivity contribution is -0.125. The maximum atomic E-state index is 13.1. The first-order valence-corrected chi connectivity index (χ1v) is 8.83. The molecule has 1 saturated heterocycles. The molecule has 4 rings (SSSR count). The predicted octanol–water partition coefficient (Wildman–Crippen LogP) is 2.78. The Labute approximate surface area is 146 Å². The Balaban J connectivity index is 1.49. The van der Waals surface area contributed by atoms with Crippen LogP contribution >= 0.6 is 0 Å². The molecule has 130 valence electrons. The molecule has 2 fully saturated rings. The van der Waals surface area contributed by atoms with Gasteiger partial charge in [0.25, 0.3) is 0 Å². The molecule has 2 aliphatic rings. The summed E-state index contributed by atoms with van der Waals surface area (Å²) in [6.45, 7) is 1.56. The number of hydrogen-bond acceptors (Lipinski definition) is 4. The molecular formula is C19H21FN4O. The van der Waals surface area contributed by atoms with Crippen LogP contribution in [0.5, 0.6) is 0 Å². The van der Waals surface area contributed by atoms with Gasteiger partial charge < -0.3 is 10.2 Å². The fourth-order valence-electron chi connectivity index (χ4n) is 3.21. The zero-order valence-electron chi connectivity index (χ0n) is 14.0. The Bertz CT molecular complexity index is 760. The van der Waals surface area contributed by atoms with Crippen molar-refractivity contribution in [2.24, 2.45) is 5.92 Å². The highest BCUT2D eigenvalue weighted by molar-refractivity contribution is 5.80. The van der Waals surface area contributed by atoms with Crippen molar-refractivity contribution in [1.29, 1.82) is 0 Å². The first-order chi connectivity index (χ1) is 12.2. The molecular weight excluding hydrogens is 319 g/mol. The second kappa shape index (κ2) is 6.78. The summed E-state index contributed by atoms with van der Waals surface area (Å²) in [6.07, 6.45) is 5.82. The number of rotatable bonds is 4. The van der Waals surface area contributed by atoms with Gasteiger partial charge in [-0.05, 0) is 56.0 Å². The lowest BCUT2D eigenvalue weighted by Crippen LogP contribution is -2.44. The maximum absolute atomic E-state index is 13.1. The van der Waals surface area contributed by atoms with Crippen LogP contribution in [0.2, 0.25) is 0 Å². The van der Waals surface area contributed by atoms with Crippen LogP contribution in [0.4, 0.5) is 10.2 Å². The van der Waals surface area contributed by atoms with E-state index in [1.807, 2.05) is 6.07 Å². The number of halogens is 1. The van der Waals surface area contributed by atoms with Gasteiger partial charge in [-0.3, -0.25) is 4.79 Å². The summed E-state index contributed by atoms with van der Waals surface area (Å²) < 4.78 is 13.1. The van der Waals surface area contributed by atoms with Crippen molar-refractivity contribution in [3.05, 3.63) is 42.3 Å². The Hall–Kier alpha value is -2.50. The molecule has 0 radical (unpaired) electrons. The van der Waals surface area contributed by atoms with Crippen LogP contribution in [0.1, 0.15) is 25.7 Å². The van der Waals surface area contributed by atoms with Crippen LogP contribution in [0.25, 0.3) is 11.4 Å². The lowest BCUT2D eigenvalue weighted by Gasteiger charge is -2.33. The number of nitrogens with one attached hydrogen (secondary N) is 1. The summed E-state index contributed by atoms with van der Waals surface area (Å²) in [6, 6.07) is 8.43. The van der Waals surface area contributed by atoms with Gasteiger partial charge in [-0.25, -0.2) is 14.4 Å². The van der Waals surface area contributed by atoms with E-state index in [4.69, 9.17) is 0 Å². The smallest absolute Gasteiger partial charge is 0.225 e. The zero-order chi connectivity index (χ0) is 17.2. The summed E-state index contributed by atoms with van der Waals surface area (Å²) in [5.74, 6) is 1.29. The van der Waals surface area contributed by atoms with Gasteiger partial charge >= 0.3 is 0 Å². The molecule has 25 heavy (non-hydrogen) atoms. The van der Waals surface area contributed by atoms with E-state index in [1.165, 1.54) is 12.1 Å². The van der Waals surface area contributed by atoms with Crippen molar-refractivity contribution in [1.82, 2.24) is 15.3 Å². The lowest BCUT2D eigenvalue weighted by atomic mass is 9.97. The number of carbonyl (C=O) groups is 1. The van der Waals surface area contributed by atoms with Crippen LogP contribution in [0, 0.1) is 11.7 Å². The minimum atomic E-state index is -0.277. The first-order valence-electron chi connectivity index (χ1n) is 8.83. The summed E-state index contributed by atoms with van der Waals surface area (Å²) in [5, 5.41) is 3.10. The van der Waals surface area contributed by atoms with Gasteiger partial charge in [-0.15, -0.1) is 0 Å². The van der Waals surface area contributed by atoms with Crippen LogP contribution in [-0.4, -0.2) is 35.0 Å². The van der Waals surface area contributed by atoms with Gasteiger partial charge in [-0.1, -0.05) is 0 Å². The quantitative estimate of drug-likeness (QED) is 0.930. The molecule has 1 aliphatic carbocycles. The van der Waals surface area contributed by atoms with E-state index in [0.29, 0.717) is 18.4 Å². The normalized spacial score (nSPS) is 20.4.